The normalized spacial score (nSPS) is 10.7. The Morgan fingerprint density at radius 1 is 1.19 bits per heavy atom. The molecule has 0 saturated carbocycles. The highest BCUT2D eigenvalue weighted by Crippen LogP contribution is 2.25. The number of benzene rings is 2. The van der Waals surface area contributed by atoms with Crippen molar-refractivity contribution >= 4 is 22.9 Å². The number of ether oxygens (including phenoxy) is 1. The minimum Gasteiger partial charge on any atom is -0.491 e. The quantitative estimate of drug-likeness (QED) is 0.686. The van der Waals surface area contributed by atoms with E-state index >= 15 is 0 Å². The molecule has 6 heteroatoms. The molecule has 1 N–H and O–H groups in total. The summed E-state index contributed by atoms with van der Waals surface area (Å²) in [4.78, 5) is 19.1. The second kappa shape index (κ2) is 8.60. The van der Waals surface area contributed by atoms with Gasteiger partial charge in [-0.1, -0.05) is 24.3 Å². The lowest BCUT2D eigenvalue weighted by molar-refractivity contribution is 0.102. The lowest BCUT2D eigenvalue weighted by Crippen LogP contribution is -2.20. The predicted octanol–water partition coefficient (Wildman–Crippen LogP) is 4.00. The van der Waals surface area contributed by atoms with Crippen LogP contribution in [0.3, 0.4) is 0 Å². The van der Waals surface area contributed by atoms with Gasteiger partial charge in [-0.25, -0.2) is 4.98 Å². The summed E-state index contributed by atoms with van der Waals surface area (Å²) >= 11 is 1.57. The minimum absolute atomic E-state index is 0.193. The van der Waals surface area contributed by atoms with Gasteiger partial charge in [-0.2, -0.15) is 0 Å². The van der Waals surface area contributed by atoms with E-state index in [4.69, 9.17) is 4.74 Å². The molecule has 1 amide bonds. The SMILES string of the molecule is CN(C)CCOc1ccccc1C(=O)Nc1cccc(-c2nccs2)c1. The van der Waals surface area contributed by atoms with Crippen LogP contribution < -0.4 is 10.1 Å². The van der Waals surface area contributed by atoms with E-state index in [9.17, 15) is 4.79 Å². The topological polar surface area (TPSA) is 54.5 Å². The van der Waals surface area contributed by atoms with Crippen molar-refractivity contribution in [2.75, 3.05) is 32.6 Å². The predicted molar refractivity (Wildman–Crippen MR) is 106 cm³/mol. The summed E-state index contributed by atoms with van der Waals surface area (Å²) in [7, 11) is 3.97. The largest absolute Gasteiger partial charge is 0.491 e. The van der Waals surface area contributed by atoms with Crippen molar-refractivity contribution in [3.8, 4) is 16.3 Å². The van der Waals surface area contributed by atoms with Crippen LogP contribution >= 0.6 is 11.3 Å². The maximum absolute atomic E-state index is 12.7. The molecule has 0 bridgehead atoms. The van der Waals surface area contributed by atoms with Crippen molar-refractivity contribution < 1.29 is 9.53 Å². The number of aromatic nitrogens is 1. The lowest BCUT2D eigenvalue weighted by Gasteiger charge is -2.14. The number of para-hydroxylation sites is 1. The lowest BCUT2D eigenvalue weighted by atomic mass is 10.1. The zero-order valence-electron chi connectivity index (χ0n) is 14.8. The number of nitrogens with zero attached hydrogens (tertiary/aromatic N) is 2. The van der Waals surface area contributed by atoms with Gasteiger partial charge >= 0.3 is 0 Å². The molecule has 1 heterocycles. The molecule has 0 aliphatic carbocycles. The number of carbonyl (C=O) groups is 1. The first-order chi connectivity index (χ1) is 12.6. The highest BCUT2D eigenvalue weighted by molar-refractivity contribution is 7.13. The fourth-order valence-corrected chi connectivity index (χ4v) is 3.05. The van der Waals surface area contributed by atoms with Gasteiger partial charge in [0.2, 0.25) is 0 Å². The summed E-state index contributed by atoms with van der Waals surface area (Å²) in [5.41, 5.74) is 2.23. The first kappa shape index (κ1) is 18.1. The van der Waals surface area contributed by atoms with Gasteiger partial charge in [0.1, 0.15) is 17.4 Å². The Labute approximate surface area is 157 Å². The monoisotopic (exact) mass is 367 g/mol. The Morgan fingerprint density at radius 2 is 2.04 bits per heavy atom. The molecule has 134 valence electrons. The average molecular weight is 367 g/mol. The van der Waals surface area contributed by atoms with Crippen LogP contribution in [0.2, 0.25) is 0 Å². The number of amides is 1. The fourth-order valence-electron chi connectivity index (χ4n) is 2.41. The number of likely N-dealkylation sites (N-methyl/N-ethyl adjacent to an activating group) is 1. The molecular formula is C20H21N3O2S. The van der Waals surface area contributed by atoms with Crippen LogP contribution in [0.4, 0.5) is 5.69 Å². The molecule has 0 saturated heterocycles. The van der Waals surface area contributed by atoms with Crippen LogP contribution in [0.25, 0.3) is 10.6 Å². The van der Waals surface area contributed by atoms with Crippen LogP contribution in [-0.2, 0) is 0 Å². The molecular weight excluding hydrogens is 346 g/mol. The van der Waals surface area contributed by atoms with E-state index in [1.54, 1.807) is 23.6 Å². The summed E-state index contributed by atoms with van der Waals surface area (Å²) in [6.45, 7) is 1.31. The average Bonchev–Trinajstić information content (AvgIpc) is 3.17. The maximum atomic E-state index is 12.7. The van der Waals surface area contributed by atoms with Gasteiger partial charge in [0.25, 0.3) is 5.91 Å². The summed E-state index contributed by atoms with van der Waals surface area (Å²) in [5.74, 6) is 0.393. The van der Waals surface area contributed by atoms with Crippen molar-refractivity contribution in [1.29, 1.82) is 0 Å². The van der Waals surface area contributed by atoms with Crippen LogP contribution in [-0.4, -0.2) is 43.0 Å². The third kappa shape index (κ3) is 4.68. The third-order valence-electron chi connectivity index (χ3n) is 3.73. The van der Waals surface area contributed by atoms with E-state index in [0.717, 1.165) is 22.8 Å². The summed E-state index contributed by atoms with van der Waals surface area (Å²) in [5, 5.41) is 5.80. The van der Waals surface area contributed by atoms with Crippen LogP contribution in [0.1, 0.15) is 10.4 Å². The number of nitrogens with one attached hydrogen (secondary N) is 1. The second-order valence-electron chi connectivity index (χ2n) is 6.02. The highest BCUT2D eigenvalue weighted by atomic mass is 32.1. The molecule has 0 aliphatic rings. The Morgan fingerprint density at radius 3 is 2.81 bits per heavy atom. The van der Waals surface area contributed by atoms with Crippen molar-refractivity contribution in [2.45, 2.75) is 0 Å². The van der Waals surface area contributed by atoms with Crippen molar-refractivity contribution in [1.82, 2.24) is 9.88 Å². The van der Waals surface area contributed by atoms with Gasteiger partial charge in [0.15, 0.2) is 0 Å². The van der Waals surface area contributed by atoms with E-state index in [-0.39, 0.29) is 5.91 Å². The summed E-state index contributed by atoms with van der Waals surface area (Å²) in [6, 6.07) is 15.0. The first-order valence-electron chi connectivity index (χ1n) is 8.31. The fraction of sp³-hybridized carbons (Fsp3) is 0.200. The van der Waals surface area contributed by atoms with Gasteiger partial charge in [-0.15, -0.1) is 11.3 Å². The van der Waals surface area contributed by atoms with Crippen LogP contribution in [0.15, 0.2) is 60.1 Å². The van der Waals surface area contributed by atoms with Crippen molar-refractivity contribution in [2.24, 2.45) is 0 Å². The van der Waals surface area contributed by atoms with Gasteiger partial charge < -0.3 is 15.0 Å². The van der Waals surface area contributed by atoms with Crippen molar-refractivity contribution in [3.63, 3.8) is 0 Å². The molecule has 1 aromatic heterocycles. The number of rotatable bonds is 7. The zero-order valence-corrected chi connectivity index (χ0v) is 15.6. The number of anilines is 1. The van der Waals surface area contributed by atoms with Gasteiger partial charge in [-0.05, 0) is 38.4 Å². The maximum Gasteiger partial charge on any atom is 0.259 e. The molecule has 0 fully saturated rings. The van der Waals surface area contributed by atoms with Crippen LogP contribution in [0.5, 0.6) is 5.75 Å². The summed E-state index contributed by atoms with van der Waals surface area (Å²) in [6.07, 6.45) is 1.77. The number of thiazole rings is 1. The Balaban J connectivity index is 1.73. The molecule has 5 nitrogen and oxygen atoms in total. The molecule has 26 heavy (non-hydrogen) atoms. The van der Waals surface area contributed by atoms with Crippen LogP contribution in [0, 0.1) is 0 Å². The van der Waals surface area contributed by atoms with Crippen molar-refractivity contribution in [3.05, 3.63) is 65.7 Å². The minimum atomic E-state index is -0.193. The van der Waals surface area contributed by atoms with Gasteiger partial charge in [-0.3, -0.25) is 4.79 Å². The molecule has 3 aromatic rings. The van der Waals surface area contributed by atoms with Gasteiger partial charge in [0.05, 0.1) is 5.56 Å². The van der Waals surface area contributed by atoms with E-state index in [2.05, 4.69) is 10.3 Å². The molecule has 0 atom stereocenters. The number of hydrogen-bond donors (Lipinski definition) is 1. The van der Waals surface area contributed by atoms with E-state index in [0.29, 0.717) is 17.9 Å². The van der Waals surface area contributed by atoms with Gasteiger partial charge in [0, 0.05) is 29.4 Å². The summed E-state index contributed by atoms with van der Waals surface area (Å²) < 4.78 is 5.78. The molecule has 0 spiro atoms. The van der Waals surface area contributed by atoms with E-state index in [1.165, 1.54) is 0 Å². The number of carbonyl (C=O) groups excluding carboxylic acids is 1. The van der Waals surface area contributed by atoms with E-state index in [1.807, 2.05) is 66.8 Å². The second-order valence-corrected chi connectivity index (χ2v) is 6.91. The van der Waals surface area contributed by atoms with E-state index < -0.39 is 0 Å². The highest BCUT2D eigenvalue weighted by Gasteiger charge is 2.13. The number of hydrogen-bond acceptors (Lipinski definition) is 5. The third-order valence-corrected chi connectivity index (χ3v) is 4.55. The molecule has 0 aliphatic heterocycles. The Bertz CT molecular complexity index is 863. The Hall–Kier alpha value is -2.70. The standard InChI is InChI=1S/C20H21N3O2S/c1-23(2)11-12-25-18-9-4-3-8-17(18)19(24)22-16-7-5-6-15(14-16)20-21-10-13-26-20/h3-10,13-14H,11-12H2,1-2H3,(H,22,24). The first-order valence-corrected chi connectivity index (χ1v) is 9.19. The molecule has 0 radical (unpaired) electrons. The smallest absolute Gasteiger partial charge is 0.259 e. The zero-order chi connectivity index (χ0) is 18.4. The molecule has 0 unspecified atom stereocenters. The molecule has 2 aromatic carbocycles. The molecule has 3 rings (SSSR count). The Kier molecular flexibility index (Phi) is 5.99.